The van der Waals surface area contributed by atoms with E-state index in [4.69, 9.17) is 5.11 Å². The van der Waals surface area contributed by atoms with Crippen molar-refractivity contribution in [3.63, 3.8) is 0 Å². The fraction of sp³-hybridized carbons (Fsp3) is 0.818. The Morgan fingerprint density at radius 3 is 2.59 bits per heavy atom. The second kappa shape index (κ2) is 6.74. The third-order valence-corrected chi connectivity index (χ3v) is 3.57. The number of aliphatic carboxylic acids is 1. The molecule has 1 unspecified atom stereocenters. The van der Waals surface area contributed by atoms with E-state index in [0.717, 1.165) is 18.6 Å². The molecule has 1 aliphatic rings. The molecule has 0 heterocycles. The summed E-state index contributed by atoms with van der Waals surface area (Å²) in [7, 11) is 0. The van der Waals surface area contributed by atoms with Crippen molar-refractivity contribution in [3.8, 4) is 0 Å². The van der Waals surface area contributed by atoms with E-state index in [0.29, 0.717) is 12.3 Å². The number of rotatable bonds is 6. The zero-order chi connectivity index (χ0) is 12.8. The van der Waals surface area contributed by atoms with Crippen molar-refractivity contribution in [2.75, 3.05) is 12.0 Å². The first-order valence-corrected chi connectivity index (χ1v) is 7.21. The quantitative estimate of drug-likeness (QED) is 0.672. The van der Waals surface area contributed by atoms with Crippen molar-refractivity contribution in [2.45, 2.75) is 38.3 Å². The van der Waals surface area contributed by atoms with Crippen LogP contribution in [0.4, 0.5) is 4.79 Å². The zero-order valence-electron chi connectivity index (χ0n) is 10.2. The Hall–Kier alpha value is -0.910. The number of hydrogen-bond acceptors (Lipinski definition) is 3. The first-order valence-electron chi connectivity index (χ1n) is 5.81. The third-order valence-electron chi connectivity index (χ3n) is 2.92. The summed E-state index contributed by atoms with van der Waals surface area (Å²) in [5, 5.41) is 14.2. The molecule has 0 aromatic rings. The number of hydrogen-bond donors (Lipinski definition) is 3. The van der Waals surface area contributed by atoms with E-state index in [9.17, 15) is 9.59 Å². The van der Waals surface area contributed by atoms with Gasteiger partial charge in [0.1, 0.15) is 6.04 Å². The van der Waals surface area contributed by atoms with Crippen molar-refractivity contribution in [3.05, 3.63) is 0 Å². The third kappa shape index (κ3) is 4.85. The monoisotopic (exact) mass is 260 g/mol. The van der Waals surface area contributed by atoms with Gasteiger partial charge in [-0.2, -0.15) is 11.8 Å². The van der Waals surface area contributed by atoms with Crippen molar-refractivity contribution < 1.29 is 14.7 Å². The Labute approximate surface area is 106 Å². The van der Waals surface area contributed by atoms with E-state index in [1.54, 1.807) is 11.8 Å². The number of carbonyl (C=O) groups excluding carboxylic acids is 1. The number of carboxylic acids is 1. The Morgan fingerprint density at radius 1 is 1.47 bits per heavy atom. The van der Waals surface area contributed by atoms with Crippen LogP contribution < -0.4 is 10.6 Å². The fourth-order valence-corrected chi connectivity index (χ4v) is 2.37. The number of thioether (sulfide) groups is 1. The lowest BCUT2D eigenvalue weighted by Crippen LogP contribution is -2.52. The molecule has 1 rings (SSSR count). The summed E-state index contributed by atoms with van der Waals surface area (Å²) < 4.78 is 0. The lowest BCUT2D eigenvalue weighted by molar-refractivity contribution is -0.139. The first-order chi connectivity index (χ1) is 8.02. The lowest BCUT2D eigenvalue weighted by atomic mass is 9.82. The fourth-order valence-electron chi connectivity index (χ4n) is 1.90. The average Bonchev–Trinajstić information content (AvgIpc) is 2.21. The van der Waals surface area contributed by atoms with E-state index in [-0.39, 0.29) is 12.1 Å². The van der Waals surface area contributed by atoms with Crippen molar-refractivity contribution in [1.82, 2.24) is 10.6 Å². The molecule has 1 aliphatic carbocycles. The van der Waals surface area contributed by atoms with Gasteiger partial charge in [0.15, 0.2) is 0 Å². The summed E-state index contributed by atoms with van der Waals surface area (Å²) >= 11 is 1.57. The molecule has 17 heavy (non-hydrogen) atoms. The highest BCUT2D eigenvalue weighted by molar-refractivity contribution is 7.98. The van der Waals surface area contributed by atoms with E-state index in [1.165, 1.54) is 0 Å². The molecule has 0 aliphatic heterocycles. The molecular formula is C11H20N2O3S. The molecule has 0 radical (unpaired) electrons. The molecule has 1 saturated carbocycles. The Morgan fingerprint density at radius 2 is 2.12 bits per heavy atom. The molecule has 0 aromatic carbocycles. The zero-order valence-corrected chi connectivity index (χ0v) is 11.0. The van der Waals surface area contributed by atoms with Gasteiger partial charge in [0.25, 0.3) is 0 Å². The minimum absolute atomic E-state index is 0.208. The minimum Gasteiger partial charge on any atom is -0.480 e. The summed E-state index contributed by atoms with van der Waals surface area (Å²) in [6.45, 7) is 2.13. The van der Waals surface area contributed by atoms with Gasteiger partial charge in [0.2, 0.25) is 0 Å². The molecule has 1 atom stereocenters. The van der Waals surface area contributed by atoms with Gasteiger partial charge in [0.05, 0.1) is 0 Å². The average molecular weight is 260 g/mol. The molecule has 98 valence electrons. The van der Waals surface area contributed by atoms with Gasteiger partial charge in [-0.15, -0.1) is 0 Å². The second-order valence-corrected chi connectivity index (χ2v) is 5.55. The molecule has 6 heteroatoms. The molecule has 0 bridgehead atoms. The number of nitrogens with one attached hydrogen (secondary N) is 2. The predicted molar refractivity (Wildman–Crippen MR) is 68.3 cm³/mol. The maximum absolute atomic E-state index is 11.5. The Kier molecular flexibility index (Phi) is 5.61. The summed E-state index contributed by atoms with van der Waals surface area (Å²) in [6.07, 6.45) is 4.33. The van der Waals surface area contributed by atoms with Gasteiger partial charge in [-0.05, 0) is 37.2 Å². The van der Waals surface area contributed by atoms with Crippen LogP contribution in [-0.2, 0) is 4.79 Å². The van der Waals surface area contributed by atoms with Crippen molar-refractivity contribution in [1.29, 1.82) is 0 Å². The lowest BCUT2D eigenvalue weighted by Gasteiger charge is -2.33. The van der Waals surface area contributed by atoms with Gasteiger partial charge in [-0.1, -0.05) is 6.92 Å². The molecule has 0 saturated heterocycles. The van der Waals surface area contributed by atoms with Gasteiger partial charge in [-0.25, -0.2) is 9.59 Å². The summed E-state index contributed by atoms with van der Waals surface area (Å²) in [5.74, 6) is 0.404. The normalized spacial score (nSPS) is 24.6. The van der Waals surface area contributed by atoms with E-state index in [2.05, 4.69) is 17.6 Å². The number of carbonyl (C=O) groups is 2. The van der Waals surface area contributed by atoms with Crippen LogP contribution in [0, 0.1) is 5.92 Å². The van der Waals surface area contributed by atoms with Gasteiger partial charge >= 0.3 is 12.0 Å². The molecular weight excluding hydrogens is 240 g/mol. The summed E-state index contributed by atoms with van der Waals surface area (Å²) in [4.78, 5) is 22.4. The highest BCUT2D eigenvalue weighted by Crippen LogP contribution is 2.25. The number of amides is 2. The Bertz CT molecular complexity index is 280. The van der Waals surface area contributed by atoms with Crippen LogP contribution >= 0.6 is 11.8 Å². The van der Waals surface area contributed by atoms with E-state index < -0.39 is 12.0 Å². The smallest absolute Gasteiger partial charge is 0.326 e. The minimum atomic E-state index is -0.976. The van der Waals surface area contributed by atoms with E-state index >= 15 is 0 Å². The maximum atomic E-state index is 11.5. The topological polar surface area (TPSA) is 78.4 Å². The standard InChI is InChI=1S/C11H20N2O3S/c1-7-5-8(6-7)12-11(16)13-9(10(14)15)3-4-17-2/h7-9H,3-6H2,1-2H3,(H,14,15)(H2,12,13,16). The van der Waals surface area contributed by atoms with Gasteiger partial charge in [-0.3, -0.25) is 0 Å². The molecule has 2 amide bonds. The molecule has 0 spiro atoms. The predicted octanol–water partition coefficient (Wildman–Crippen LogP) is 1.29. The van der Waals surface area contributed by atoms with Crippen LogP contribution in [0.5, 0.6) is 0 Å². The summed E-state index contributed by atoms with van der Waals surface area (Å²) in [5.41, 5.74) is 0. The molecule has 5 nitrogen and oxygen atoms in total. The Balaban J connectivity index is 2.28. The molecule has 1 fully saturated rings. The van der Waals surface area contributed by atoms with Gasteiger partial charge in [0, 0.05) is 6.04 Å². The van der Waals surface area contributed by atoms with Crippen LogP contribution in [0.15, 0.2) is 0 Å². The molecule has 0 aromatic heterocycles. The number of carboxylic acid groups (broad SMARTS) is 1. The second-order valence-electron chi connectivity index (χ2n) is 4.56. The molecule has 3 N–H and O–H groups in total. The van der Waals surface area contributed by atoms with Crippen LogP contribution in [-0.4, -0.2) is 41.2 Å². The van der Waals surface area contributed by atoms with Crippen LogP contribution in [0.1, 0.15) is 26.2 Å². The maximum Gasteiger partial charge on any atom is 0.326 e. The first kappa shape index (κ1) is 14.2. The van der Waals surface area contributed by atoms with Crippen molar-refractivity contribution in [2.24, 2.45) is 5.92 Å². The van der Waals surface area contributed by atoms with Crippen molar-refractivity contribution >= 4 is 23.8 Å². The highest BCUT2D eigenvalue weighted by atomic mass is 32.2. The SMILES string of the molecule is CSCCC(NC(=O)NC1CC(C)C1)C(=O)O. The highest BCUT2D eigenvalue weighted by Gasteiger charge is 2.28. The van der Waals surface area contributed by atoms with Crippen LogP contribution in [0.3, 0.4) is 0 Å². The van der Waals surface area contributed by atoms with Crippen LogP contribution in [0.25, 0.3) is 0 Å². The number of urea groups is 1. The van der Waals surface area contributed by atoms with Gasteiger partial charge < -0.3 is 15.7 Å². The van der Waals surface area contributed by atoms with E-state index in [1.807, 2.05) is 6.26 Å². The summed E-state index contributed by atoms with van der Waals surface area (Å²) in [6, 6.07) is -0.949. The van der Waals surface area contributed by atoms with Crippen LogP contribution in [0.2, 0.25) is 0 Å². The largest absolute Gasteiger partial charge is 0.480 e.